The Morgan fingerprint density at radius 1 is 0.294 bits per heavy atom. The Hall–Kier alpha value is -1.89. The predicted molar refractivity (Wildman–Crippen MR) is 292 cm³/mol. The Morgan fingerprint density at radius 2 is 0.541 bits per heavy atom. The van der Waals surface area contributed by atoms with Crippen molar-refractivity contribution in [3.05, 3.63) is 0 Å². The van der Waals surface area contributed by atoms with Gasteiger partial charge in [-0.1, -0.05) is 211 Å². The zero-order chi connectivity index (χ0) is 71.9. The summed E-state index contributed by atoms with van der Waals surface area (Å²) in [6.45, 7) is 44.1. The van der Waals surface area contributed by atoms with E-state index in [0.29, 0.717) is 23.7 Å². The van der Waals surface area contributed by atoms with E-state index in [9.17, 15) is 119 Å². The van der Waals surface area contributed by atoms with Gasteiger partial charge in [-0.05, 0) is 68.1 Å². The topological polar surface area (TPSA) is 0 Å². The third-order valence-electron chi connectivity index (χ3n) is 12.2. The molecule has 1 unspecified atom stereocenters. The SMILES string of the molecule is CC(C)(C(F)(F)F)C(F)(F)F.CC(C)(C)C(F)(F)F.CC(C)C(C)C.CCC(C)(C)C.CCC(C)(C)C.CCC(C)CC.CCCC(C(F)(F)F)C(F)(F)F.CCCC(C)C(F)(F)F.CCCCCC(F)(F)F.C[C@@H](CCC(F)(F)F)C(F)(F)F. The van der Waals surface area contributed by atoms with E-state index < -0.39 is 110 Å². The van der Waals surface area contributed by atoms with E-state index in [1.54, 1.807) is 6.92 Å². The van der Waals surface area contributed by atoms with Crippen molar-refractivity contribution in [2.45, 2.75) is 319 Å². The number of rotatable bonds is 12. The molecule has 0 aromatic heterocycles. The monoisotopic (exact) mass is 1320 g/mol. The molecule has 0 aromatic carbocycles. The summed E-state index contributed by atoms with van der Waals surface area (Å²) >= 11 is 0. The van der Waals surface area contributed by atoms with E-state index in [1.165, 1.54) is 39.5 Å². The molecule has 0 amide bonds. The number of hydrogen-bond donors (Lipinski definition) is 0. The molecule has 0 radical (unpaired) electrons. The molecule has 0 N–H and O–H groups in total. The van der Waals surface area contributed by atoms with Crippen LogP contribution >= 0.6 is 0 Å². The van der Waals surface area contributed by atoms with Crippen molar-refractivity contribution in [1.29, 1.82) is 0 Å². The molecule has 2 atom stereocenters. The Bertz CT molecular complexity index is 1380. The van der Waals surface area contributed by atoms with Crippen LogP contribution < -0.4 is 0 Å². The summed E-state index contributed by atoms with van der Waals surface area (Å²) in [5.74, 6) is -3.56. The van der Waals surface area contributed by atoms with E-state index >= 15 is 0 Å². The molecule has 530 valence electrons. The molecular weight excluding hydrogens is 1210 g/mol. The molecule has 0 aliphatic carbocycles. The molecule has 0 aliphatic rings. The lowest BCUT2D eigenvalue weighted by atomic mass is 9.92. The summed E-state index contributed by atoms with van der Waals surface area (Å²) < 4.78 is 313. The molecule has 0 rings (SSSR count). The highest BCUT2D eigenvalue weighted by Crippen LogP contribution is 2.49. The van der Waals surface area contributed by atoms with Crippen LogP contribution in [0.5, 0.6) is 0 Å². The van der Waals surface area contributed by atoms with Gasteiger partial charge in [-0.3, -0.25) is 0 Å². The Labute approximate surface area is 493 Å². The zero-order valence-corrected chi connectivity index (χ0v) is 55.1. The van der Waals surface area contributed by atoms with Crippen LogP contribution in [0.3, 0.4) is 0 Å². The van der Waals surface area contributed by atoms with Crippen LogP contribution in [0.4, 0.5) is 119 Å². The quantitative estimate of drug-likeness (QED) is 0.135. The minimum atomic E-state index is -5.24. The van der Waals surface area contributed by atoms with E-state index in [0.717, 1.165) is 51.9 Å². The van der Waals surface area contributed by atoms with Crippen molar-refractivity contribution >= 4 is 0 Å². The Morgan fingerprint density at radius 3 is 0.635 bits per heavy atom. The van der Waals surface area contributed by atoms with Gasteiger partial charge in [-0.25, -0.2) is 0 Å². The third kappa shape index (κ3) is 80.1. The maximum Gasteiger partial charge on any atom is 0.402 e. The smallest absolute Gasteiger partial charge is 0.171 e. The predicted octanol–water partition coefficient (Wildman–Crippen LogP) is 28.5. The first-order valence-corrected chi connectivity index (χ1v) is 28.3. The lowest BCUT2D eigenvalue weighted by Gasteiger charge is -2.29. The van der Waals surface area contributed by atoms with Crippen LogP contribution in [-0.2, 0) is 0 Å². The van der Waals surface area contributed by atoms with Gasteiger partial charge >= 0.3 is 55.6 Å². The van der Waals surface area contributed by atoms with E-state index in [-0.39, 0.29) is 33.1 Å². The normalized spacial score (nSPS) is 13.7. The molecule has 0 nitrogen and oxygen atoms in total. The van der Waals surface area contributed by atoms with Crippen LogP contribution in [0, 0.1) is 57.2 Å². The van der Waals surface area contributed by atoms with E-state index in [1.807, 2.05) is 6.92 Å². The fourth-order valence-corrected chi connectivity index (χ4v) is 2.97. The Kier molecular flexibility index (Phi) is 57.0. The number of unbranched alkanes of at least 4 members (excludes halogenated alkanes) is 2. The van der Waals surface area contributed by atoms with Gasteiger partial charge in [-0.2, -0.15) is 119 Å². The Balaban J connectivity index is -0.0000000929. The maximum absolute atomic E-state index is 11.7. The largest absolute Gasteiger partial charge is 0.402 e. The van der Waals surface area contributed by atoms with Gasteiger partial charge in [0.05, 0.1) is 17.3 Å². The fraction of sp³-hybridized carbons (Fsp3) is 1.00. The summed E-state index contributed by atoms with van der Waals surface area (Å²) in [6, 6.07) is 0. The second-order valence-electron chi connectivity index (χ2n) is 24.9. The second-order valence-corrected chi connectivity index (χ2v) is 24.9. The summed E-state index contributed by atoms with van der Waals surface area (Å²) in [6.07, 6.45) is -38.0. The van der Waals surface area contributed by atoms with Gasteiger partial charge in [0.1, 0.15) is 0 Å². The molecule has 0 fully saturated rings. The van der Waals surface area contributed by atoms with Crippen LogP contribution in [0.25, 0.3) is 0 Å². The molecule has 0 spiro atoms. The number of halogens is 27. The molecule has 0 saturated heterocycles. The molecule has 0 saturated carbocycles. The van der Waals surface area contributed by atoms with Gasteiger partial charge in [0, 0.05) is 12.8 Å². The van der Waals surface area contributed by atoms with Crippen LogP contribution in [0.2, 0.25) is 0 Å². The summed E-state index contributed by atoms with van der Waals surface area (Å²) in [4.78, 5) is 0. The average molecular weight is 1320 g/mol. The maximum atomic E-state index is 11.7. The second kappa shape index (κ2) is 46.2. The summed E-state index contributed by atoms with van der Waals surface area (Å²) in [5.41, 5.74) is -4.10. The number of alkyl halides is 27. The highest BCUT2D eigenvalue weighted by atomic mass is 19.4. The van der Waals surface area contributed by atoms with Gasteiger partial charge in [-0.15, -0.1) is 0 Å². The molecule has 0 aliphatic heterocycles. The van der Waals surface area contributed by atoms with Crippen molar-refractivity contribution in [2.75, 3.05) is 0 Å². The van der Waals surface area contributed by atoms with Crippen molar-refractivity contribution in [2.24, 2.45) is 57.2 Å². The first-order chi connectivity index (χ1) is 36.7. The standard InChI is InChI=1S/2C6H8F6.2C6H11F3.4C6H14.C5H6F6.C5H9F3/c1-4(6(10,11)12)2-3-5(7,8)9;1-2-3-4(5(7,8)9)6(10,11)12;1-3-4-5(2)6(7,8)9;1-2-3-4-5-6(7,8)9;2*1-5-6(2,3)4;1-5(2)6(3)4;1-4-6(3)5-2;1-3(2,4(6,7)8)5(9,10)11;1-4(2,3)5(6,7)8/h2*4H,2-3H2,1H3;5H,3-4H2,1-2H3;2-5H2,1H3;2*5H2,1-4H3;5-6H,1-4H3;6H,4-5H2,1-3H3;1-2H3;1-3H3/t4-;;;;;;;;;/m0........./s1. The van der Waals surface area contributed by atoms with Gasteiger partial charge in [0.15, 0.2) is 11.3 Å². The lowest BCUT2D eigenvalue weighted by Crippen LogP contribution is -2.44. The van der Waals surface area contributed by atoms with Crippen LogP contribution in [0.1, 0.15) is 263 Å². The first-order valence-electron chi connectivity index (χ1n) is 28.3. The fourth-order valence-electron chi connectivity index (χ4n) is 2.97. The van der Waals surface area contributed by atoms with E-state index in [2.05, 4.69) is 104 Å². The van der Waals surface area contributed by atoms with Crippen molar-refractivity contribution in [3.63, 3.8) is 0 Å². The molecular formula is C58H109F27. The first kappa shape index (κ1) is 105. The molecule has 0 bridgehead atoms. The molecule has 0 heterocycles. The highest BCUT2D eigenvalue weighted by molar-refractivity contribution is 4.84. The minimum Gasteiger partial charge on any atom is -0.171 e. The van der Waals surface area contributed by atoms with Crippen LogP contribution in [0.15, 0.2) is 0 Å². The van der Waals surface area contributed by atoms with Crippen molar-refractivity contribution in [3.8, 4) is 0 Å². The zero-order valence-electron chi connectivity index (χ0n) is 55.1. The number of hydrogen-bond acceptors (Lipinski definition) is 0. The minimum absolute atomic E-state index is 0.104. The summed E-state index contributed by atoms with van der Waals surface area (Å²) in [7, 11) is 0. The molecule has 27 heteroatoms. The average Bonchev–Trinajstić information content (AvgIpc) is 3.25. The van der Waals surface area contributed by atoms with Gasteiger partial charge in [0.2, 0.25) is 0 Å². The molecule has 85 heavy (non-hydrogen) atoms. The van der Waals surface area contributed by atoms with Crippen molar-refractivity contribution in [1.82, 2.24) is 0 Å². The van der Waals surface area contributed by atoms with Crippen LogP contribution in [-0.4, -0.2) is 55.6 Å². The molecule has 0 aromatic rings. The van der Waals surface area contributed by atoms with Gasteiger partial charge in [0.25, 0.3) is 0 Å². The van der Waals surface area contributed by atoms with Crippen molar-refractivity contribution < 1.29 is 119 Å². The third-order valence-corrected chi connectivity index (χ3v) is 12.2. The van der Waals surface area contributed by atoms with Gasteiger partial charge < -0.3 is 0 Å². The lowest BCUT2D eigenvalue weighted by molar-refractivity contribution is -0.327. The summed E-state index contributed by atoms with van der Waals surface area (Å²) in [5, 5.41) is 0. The highest BCUT2D eigenvalue weighted by Gasteiger charge is 2.64. The van der Waals surface area contributed by atoms with E-state index in [4.69, 9.17) is 0 Å².